The second-order valence-corrected chi connectivity index (χ2v) is 18.8. The van der Waals surface area contributed by atoms with Crippen molar-refractivity contribution in [2.45, 2.75) is 103 Å². The average molecular weight is 480 g/mol. The van der Waals surface area contributed by atoms with E-state index >= 15 is 0 Å². The summed E-state index contributed by atoms with van der Waals surface area (Å²) in [6.45, 7) is 20.5. The van der Waals surface area contributed by atoms with Crippen molar-refractivity contribution in [3.8, 4) is 0 Å². The lowest BCUT2D eigenvalue weighted by Crippen LogP contribution is -2.56. The molecule has 0 spiro atoms. The number of aliphatic carboxylic acids is 1. The Morgan fingerprint density at radius 1 is 0.903 bits per heavy atom. The molecule has 0 aromatic rings. The minimum absolute atomic E-state index is 0.202. The van der Waals surface area contributed by atoms with Crippen molar-refractivity contribution in [3.63, 3.8) is 0 Å². The van der Waals surface area contributed by atoms with E-state index in [0.29, 0.717) is 35.8 Å². The number of carboxylic acids is 1. The highest BCUT2D eigenvalue weighted by Gasteiger charge is 2.48. The van der Waals surface area contributed by atoms with Crippen LogP contribution in [0.3, 0.4) is 0 Å². The van der Waals surface area contributed by atoms with E-state index in [2.05, 4.69) is 67.2 Å². The molecule has 0 aromatic carbocycles. The van der Waals surface area contributed by atoms with Crippen LogP contribution in [0.25, 0.3) is 0 Å². The molecule has 0 saturated heterocycles. The zero-order valence-electron chi connectivity index (χ0n) is 22.1. The zero-order valence-corrected chi connectivity index (χ0v) is 24.1. The van der Waals surface area contributed by atoms with Gasteiger partial charge in [0.2, 0.25) is 8.32 Å². The molecule has 0 aliphatic rings. The first kappa shape index (κ1) is 30.7. The molecule has 0 amide bonds. The van der Waals surface area contributed by atoms with E-state index in [1.54, 1.807) is 21.3 Å². The van der Waals surface area contributed by atoms with Crippen molar-refractivity contribution in [1.29, 1.82) is 0 Å². The van der Waals surface area contributed by atoms with Crippen LogP contribution in [0.5, 0.6) is 0 Å². The van der Waals surface area contributed by atoms with Gasteiger partial charge in [-0.05, 0) is 50.4 Å². The van der Waals surface area contributed by atoms with Crippen LogP contribution in [0.1, 0.15) is 68.7 Å². The molecule has 0 fully saturated rings. The van der Waals surface area contributed by atoms with E-state index in [0.717, 1.165) is 6.42 Å². The van der Waals surface area contributed by atoms with E-state index < -0.39 is 29.2 Å². The van der Waals surface area contributed by atoms with Gasteiger partial charge in [0.1, 0.15) is 0 Å². The molecule has 0 aliphatic carbocycles. The summed E-state index contributed by atoms with van der Waals surface area (Å²) in [5, 5.41) is 10.1. The Morgan fingerprint density at radius 3 is 1.61 bits per heavy atom. The summed E-state index contributed by atoms with van der Waals surface area (Å²) < 4.78 is 23.2. The maximum Gasteiger partial charge on any atom is 0.500 e. The largest absolute Gasteiger partial charge is 0.500 e. The van der Waals surface area contributed by atoms with Gasteiger partial charge in [-0.2, -0.15) is 0 Å². The van der Waals surface area contributed by atoms with Gasteiger partial charge >= 0.3 is 14.8 Å². The predicted octanol–water partition coefficient (Wildman–Crippen LogP) is 5.00. The van der Waals surface area contributed by atoms with Crippen molar-refractivity contribution in [2.75, 3.05) is 34.4 Å². The molecule has 1 unspecified atom stereocenters. The van der Waals surface area contributed by atoms with Crippen LogP contribution in [0, 0.1) is 0 Å². The van der Waals surface area contributed by atoms with Crippen molar-refractivity contribution in [3.05, 3.63) is 0 Å². The van der Waals surface area contributed by atoms with Gasteiger partial charge in [-0.15, -0.1) is 0 Å². The van der Waals surface area contributed by atoms with Crippen LogP contribution in [0.4, 0.5) is 0 Å². The van der Waals surface area contributed by atoms with Gasteiger partial charge in [-0.1, -0.05) is 41.5 Å². The quantitative estimate of drug-likeness (QED) is 0.331. The maximum atomic E-state index is 12.3. The lowest BCUT2D eigenvalue weighted by Gasteiger charge is -2.45. The SMILES string of the molecule is CO[Si](CCCN(CC(O[Si](C(C)C)(C(C)C)C(C)C)C(=O)O)C(C)(C)C)(OC)OC. The van der Waals surface area contributed by atoms with Crippen LogP contribution in [0.2, 0.25) is 22.7 Å². The van der Waals surface area contributed by atoms with Crippen LogP contribution in [-0.4, -0.2) is 79.2 Å². The van der Waals surface area contributed by atoms with Crippen molar-refractivity contribution >= 4 is 23.1 Å². The van der Waals surface area contributed by atoms with Crippen molar-refractivity contribution in [2.24, 2.45) is 0 Å². The molecule has 0 heterocycles. The van der Waals surface area contributed by atoms with E-state index in [9.17, 15) is 9.90 Å². The first-order chi connectivity index (χ1) is 14.1. The van der Waals surface area contributed by atoms with Crippen LogP contribution >= 0.6 is 0 Å². The van der Waals surface area contributed by atoms with E-state index in [1.165, 1.54) is 0 Å². The lowest BCUT2D eigenvalue weighted by molar-refractivity contribution is -0.147. The van der Waals surface area contributed by atoms with E-state index in [4.69, 9.17) is 17.7 Å². The molecule has 0 rings (SSSR count). The molecular formula is C22H49NO6Si2. The molecule has 0 aliphatic heterocycles. The Labute approximate surface area is 193 Å². The second kappa shape index (κ2) is 12.8. The minimum Gasteiger partial charge on any atom is -0.479 e. The average Bonchev–Trinajstić information content (AvgIpc) is 2.65. The molecule has 9 heteroatoms. The molecule has 186 valence electrons. The summed E-state index contributed by atoms with van der Waals surface area (Å²) in [6, 6.07) is 0.671. The van der Waals surface area contributed by atoms with Gasteiger partial charge < -0.3 is 22.8 Å². The van der Waals surface area contributed by atoms with Crippen LogP contribution in [0.15, 0.2) is 0 Å². The Balaban J connectivity index is 5.65. The van der Waals surface area contributed by atoms with E-state index in [-0.39, 0.29) is 5.54 Å². The first-order valence-electron chi connectivity index (χ1n) is 11.4. The highest BCUT2D eigenvalue weighted by molar-refractivity contribution is 6.77. The molecule has 1 atom stereocenters. The number of carboxylic acid groups (broad SMARTS) is 1. The third-order valence-electron chi connectivity index (χ3n) is 6.51. The van der Waals surface area contributed by atoms with Gasteiger partial charge in [-0.3, -0.25) is 4.90 Å². The number of hydrogen-bond donors (Lipinski definition) is 1. The number of carbonyl (C=O) groups is 1. The maximum absolute atomic E-state index is 12.3. The predicted molar refractivity (Wildman–Crippen MR) is 131 cm³/mol. The zero-order chi connectivity index (χ0) is 24.6. The highest BCUT2D eigenvalue weighted by atomic mass is 28.4. The standard InChI is InChI=1S/C22H49NO6Si2/c1-17(2)31(18(3)4,19(5)6)29-20(21(24)25)16-23(22(7,8)9)14-13-15-30(26-10,27-11)28-12/h17-20H,13-16H2,1-12H3,(H,24,25). The third kappa shape index (κ3) is 8.21. The molecule has 0 radical (unpaired) electrons. The minimum atomic E-state index is -2.66. The molecular weight excluding hydrogens is 430 g/mol. The number of rotatable bonds is 15. The van der Waals surface area contributed by atoms with Gasteiger partial charge in [0.05, 0.1) is 0 Å². The van der Waals surface area contributed by atoms with Crippen LogP contribution < -0.4 is 0 Å². The molecule has 0 saturated carbocycles. The molecule has 0 aromatic heterocycles. The van der Waals surface area contributed by atoms with Gasteiger partial charge in [0, 0.05) is 39.5 Å². The second-order valence-electron chi connectivity index (χ2n) is 10.3. The molecule has 1 N–H and O–H groups in total. The van der Waals surface area contributed by atoms with E-state index in [1.807, 2.05) is 0 Å². The van der Waals surface area contributed by atoms with Crippen molar-refractivity contribution < 1.29 is 27.6 Å². The van der Waals surface area contributed by atoms with Gasteiger partial charge in [0.25, 0.3) is 0 Å². The molecule has 7 nitrogen and oxygen atoms in total. The summed E-state index contributed by atoms with van der Waals surface area (Å²) in [6.07, 6.45) is -0.0701. The Kier molecular flexibility index (Phi) is 12.7. The topological polar surface area (TPSA) is 77.5 Å². The fraction of sp³-hybridized carbons (Fsp3) is 0.955. The fourth-order valence-electron chi connectivity index (χ4n) is 4.76. The summed E-state index contributed by atoms with van der Waals surface area (Å²) in [5.74, 6) is -0.887. The molecule has 0 bridgehead atoms. The smallest absolute Gasteiger partial charge is 0.479 e. The van der Waals surface area contributed by atoms with Crippen LogP contribution in [-0.2, 0) is 22.5 Å². The first-order valence-corrected chi connectivity index (χ1v) is 15.5. The normalized spacial score (nSPS) is 14.8. The Bertz CT molecular complexity index is 503. The fourth-order valence-corrected chi connectivity index (χ4v) is 12.0. The summed E-state index contributed by atoms with van der Waals surface area (Å²) in [7, 11) is -0.132. The number of nitrogens with zero attached hydrogens (tertiary/aromatic N) is 1. The lowest BCUT2D eigenvalue weighted by atomic mass is 10.0. The third-order valence-corrected chi connectivity index (χ3v) is 15.4. The molecule has 31 heavy (non-hydrogen) atoms. The summed E-state index contributed by atoms with van der Waals surface area (Å²) in [5.41, 5.74) is 0.782. The van der Waals surface area contributed by atoms with Gasteiger partial charge in [0.15, 0.2) is 6.10 Å². The van der Waals surface area contributed by atoms with Gasteiger partial charge in [-0.25, -0.2) is 4.79 Å². The summed E-state index contributed by atoms with van der Waals surface area (Å²) >= 11 is 0. The monoisotopic (exact) mass is 479 g/mol. The Morgan fingerprint density at radius 2 is 1.32 bits per heavy atom. The summed E-state index contributed by atoms with van der Waals surface area (Å²) in [4.78, 5) is 14.5. The van der Waals surface area contributed by atoms with Crippen molar-refractivity contribution in [1.82, 2.24) is 4.90 Å². The number of hydrogen-bond acceptors (Lipinski definition) is 6. The highest BCUT2D eigenvalue weighted by Crippen LogP contribution is 2.43. The Hall–Kier alpha value is -0.296.